The zero-order valence-corrected chi connectivity index (χ0v) is 12.5. The number of halogens is 1. The molecule has 4 heteroatoms. The van der Waals surface area contributed by atoms with Crippen LogP contribution >= 0.6 is 27.3 Å². The van der Waals surface area contributed by atoms with Crippen molar-refractivity contribution in [3.63, 3.8) is 0 Å². The Labute approximate surface area is 110 Å². The first kappa shape index (κ1) is 14.2. The monoisotopic (exact) mass is 305 g/mol. The van der Waals surface area contributed by atoms with E-state index in [1.54, 1.807) is 11.3 Å². The highest BCUT2D eigenvalue weighted by Crippen LogP contribution is 2.32. The number of nitrogens with two attached hydrogens (primary N) is 1. The molecule has 0 aromatic carbocycles. The highest BCUT2D eigenvalue weighted by molar-refractivity contribution is 9.11. The maximum Gasteiger partial charge on any atom is 0.107 e. The van der Waals surface area contributed by atoms with Gasteiger partial charge in [0.1, 0.15) is 6.10 Å². The lowest BCUT2D eigenvalue weighted by molar-refractivity contribution is -0.0167. The Morgan fingerprint density at radius 3 is 2.56 bits per heavy atom. The predicted molar refractivity (Wildman–Crippen MR) is 73.9 cm³/mol. The number of ether oxygens (including phenoxy) is 1. The molecule has 1 heterocycles. The van der Waals surface area contributed by atoms with Crippen molar-refractivity contribution in [1.29, 1.82) is 0 Å². The summed E-state index contributed by atoms with van der Waals surface area (Å²) in [4.78, 5) is 1.20. The third-order valence-electron chi connectivity index (χ3n) is 2.43. The predicted octanol–water partition coefficient (Wildman–Crippen LogP) is 4.10. The van der Waals surface area contributed by atoms with E-state index in [4.69, 9.17) is 10.5 Å². The van der Waals surface area contributed by atoms with E-state index in [0.717, 1.165) is 16.6 Å². The van der Waals surface area contributed by atoms with Crippen LogP contribution in [0.1, 0.15) is 44.6 Å². The van der Waals surface area contributed by atoms with Crippen LogP contribution in [0.25, 0.3) is 0 Å². The standard InChI is InChI=1S/C12H20BrNOS/c1-4-5-8(2)15-12(9(3)14)10-6-7-11(13)16-10/h6-9,12H,4-5,14H2,1-3H3. The Morgan fingerprint density at radius 1 is 1.44 bits per heavy atom. The summed E-state index contributed by atoms with van der Waals surface area (Å²) in [6.45, 7) is 6.28. The molecule has 2 nitrogen and oxygen atoms in total. The maximum absolute atomic E-state index is 6.02. The van der Waals surface area contributed by atoms with Crippen LogP contribution in [0.4, 0.5) is 0 Å². The van der Waals surface area contributed by atoms with Crippen molar-refractivity contribution in [3.8, 4) is 0 Å². The first-order chi connectivity index (χ1) is 7.54. The number of hydrogen-bond donors (Lipinski definition) is 1. The van der Waals surface area contributed by atoms with Crippen molar-refractivity contribution < 1.29 is 4.74 Å². The second-order valence-corrected chi connectivity index (χ2v) is 6.65. The molecule has 1 aromatic rings. The molecule has 1 aromatic heterocycles. The molecular weight excluding hydrogens is 286 g/mol. The van der Waals surface area contributed by atoms with Gasteiger partial charge in [0.05, 0.1) is 9.89 Å². The maximum atomic E-state index is 6.02. The van der Waals surface area contributed by atoms with Gasteiger partial charge in [-0.25, -0.2) is 0 Å². The smallest absolute Gasteiger partial charge is 0.107 e. The topological polar surface area (TPSA) is 35.2 Å². The van der Waals surface area contributed by atoms with E-state index in [1.165, 1.54) is 4.88 Å². The fourth-order valence-corrected chi connectivity index (χ4v) is 3.23. The highest BCUT2D eigenvalue weighted by atomic mass is 79.9. The van der Waals surface area contributed by atoms with Crippen LogP contribution in [0, 0.1) is 0 Å². The van der Waals surface area contributed by atoms with Crippen LogP contribution in [-0.4, -0.2) is 12.1 Å². The summed E-state index contributed by atoms with van der Waals surface area (Å²) in [7, 11) is 0. The lowest BCUT2D eigenvalue weighted by Crippen LogP contribution is -2.29. The van der Waals surface area contributed by atoms with Gasteiger partial charge in [0, 0.05) is 10.9 Å². The molecule has 16 heavy (non-hydrogen) atoms. The molecule has 0 saturated carbocycles. The molecule has 0 amide bonds. The summed E-state index contributed by atoms with van der Waals surface area (Å²) in [5.41, 5.74) is 5.99. The molecule has 0 fully saturated rings. The molecule has 2 N–H and O–H groups in total. The zero-order chi connectivity index (χ0) is 12.1. The summed E-state index contributed by atoms with van der Waals surface area (Å²) in [5, 5.41) is 0. The molecule has 0 aliphatic heterocycles. The largest absolute Gasteiger partial charge is 0.368 e. The van der Waals surface area contributed by atoms with E-state index < -0.39 is 0 Å². The van der Waals surface area contributed by atoms with Crippen LogP contribution in [-0.2, 0) is 4.74 Å². The second kappa shape index (κ2) is 6.74. The van der Waals surface area contributed by atoms with Gasteiger partial charge in [0.2, 0.25) is 0 Å². The number of thiophene rings is 1. The molecule has 0 aliphatic rings. The van der Waals surface area contributed by atoms with Gasteiger partial charge >= 0.3 is 0 Å². The molecule has 3 atom stereocenters. The average Bonchev–Trinajstić information content (AvgIpc) is 2.61. The van der Waals surface area contributed by atoms with Crippen molar-refractivity contribution in [3.05, 3.63) is 20.8 Å². The SMILES string of the molecule is CCCC(C)OC(c1ccc(Br)s1)C(C)N. The van der Waals surface area contributed by atoms with Crippen molar-refractivity contribution in [2.45, 2.75) is 51.9 Å². The summed E-state index contributed by atoms with van der Waals surface area (Å²) in [6.07, 6.45) is 2.50. The van der Waals surface area contributed by atoms with Crippen LogP contribution in [0.15, 0.2) is 15.9 Å². The highest BCUT2D eigenvalue weighted by Gasteiger charge is 2.21. The minimum atomic E-state index is 0.0119. The molecule has 3 unspecified atom stereocenters. The Morgan fingerprint density at radius 2 is 2.12 bits per heavy atom. The van der Waals surface area contributed by atoms with Crippen molar-refractivity contribution in [2.75, 3.05) is 0 Å². The summed E-state index contributed by atoms with van der Waals surface area (Å²) >= 11 is 5.16. The van der Waals surface area contributed by atoms with Gasteiger partial charge in [-0.2, -0.15) is 0 Å². The van der Waals surface area contributed by atoms with Crippen molar-refractivity contribution in [2.24, 2.45) is 5.73 Å². The molecule has 0 aliphatic carbocycles. The summed E-state index contributed by atoms with van der Waals surface area (Å²) < 4.78 is 7.14. The second-order valence-electron chi connectivity index (χ2n) is 4.16. The van der Waals surface area contributed by atoms with E-state index in [2.05, 4.69) is 35.8 Å². The van der Waals surface area contributed by atoms with Crippen molar-refractivity contribution in [1.82, 2.24) is 0 Å². The average molecular weight is 306 g/mol. The van der Waals surface area contributed by atoms with Gasteiger partial charge < -0.3 is 10.5 Å². The van der Waals surface area contributed by atoms with Gasteiger partial charge in [0.25, 0.3) is 0 Å². The Bertz CT molecular complexity index is 314. The number of hydrogen-bond acceptors (Lipinski definition) is 3. The zero-order valence-electron chi connectivity index (χ0n) is 10.1. The molecule has 0 spiro atoms. The van der Waals surface area contributed by atoms with E-state index in [1.807, 2.05) is 13.0 Å². The normalized spacial score (nSPS) is 17.1. The van der Waals surface area contributed by atoms with Gasteiger partial charge in [-0.3, -0.25) is 0 Å². The van der Waals surface area contributed by atoms with E-state index in [9.17, 15) is 0 Å². The quantitative estimate of drug-likeness (QED) is 0.858. The Kier molecular flexibility index (Phi) is 5.97. The lowest BCUT2D eigenvalue weighted by Gasteiger charge is -2.24. The fourth-order valence-electron chi connectivity index (χ4n) is 1.66. The van der Waals surface area contributed by atoms with Crippen LogP contribution < -0.4 is 5.73 Å². The van der Waals surface area contributed by atoms with Crippen molar-refractivity contribution >= 4 is 27.3 Å². The molecule has 0 radical (unpaired) electrons. The van der Waals surface area contributed by atoms with Gasteiger partial charge in [0.15, 0.2) is 0 Å². The minimum absolute atomic E-state index is 0.0119. The van der Waals surface area contributed by atoms with Crippen LogP contribution in [0.2, 0.25) is 0 Å². The Balaban J connectivity index is 2.68. The third kappa shape index (κ3) is 4.17. The summed E-state index contributed by atoms with van der Waals surface area (Å²) in [5.74, 6) is 0. The molecule has 1 rings (SSSR count). The van der Waals surface area contributed by atoms with Gasteiger partial charge in [-0.15, -0.1) is 11.3 Å². The Hall–Kier alpha value is 0.1000. The van der Waals surface area contributed by atoms with Gasteiger partial charge in [-0.05, 0) is 48.3 Å². The van der Waals surface area contributed by atoms with Crippen LogP contribution in [0.5, 0.6) is 0 Å². The molecule has 0 bridgehead atoms. The lowest BCUT2D eigenvalue weighted by atomic mass is 10.1. The number of rotatable bonds is 6. The fraction of sp³-hybridized carbons (Fsp3) is 0.667. The first-order valence-corrected chi connectivity index (χ1v) is 7.31. The van der Waals surface area contributed by atoms with E-state index in [-0.39, 0.29) is 18.2 Å². The van der Waals surface area contributed by atoms with E-state index >= 15 is 0 Å². The van der Waals surface area contributed by atoms with Crippen LogP contribution in [0.3, 0.4) is 0 Å². The van der Waals surface area contributed by atoms with Gasteiger partial charge in [-0.1, -0.05) is 13.3 Å². The minimum Gasteiger partial charge on any atom is -0.368 e. The first-order valence-electron chi connectivity index (χ1n) is 5.70. The molecule has 92 valence electrons. The molecule has 0 saturated heterocycles. The third-order valence-corrected chi connectivity index (χ3v) is 4.11. The summed E-state index contributed by atoms with van der Waals surface area (Å²) in [6, 6.07) is 4.15. The van der Waals surface area contributed by atoms with E-state index in [0.29, 0.717) is 0 Å². The molecular formula is C12H20BrNOS.